The highest BCUT2D eigenvalue weighted by atomic mass is 16.3. The van der Waals surface area contributed by atoms with Gasteiger partial charge in [-0.2, -0.15) is 0 Å². The second-order valence-corrected chi connectivity index (χ2v) is 6.54. The van der Waals surface area contributed by atoms with E-state index in [9.17, 15) is 5.11 Å². The molecule has 0 fully saturated rings. The SMILES string of the molecule is Cc1cc(C)cc(CC(O)C2CCc3ccccc3C2)c1. The maximum Gasteiger partial charge on any atom is 0.0612 e. The number of aliphatic hydroxyl groups is 1. The summed E-state index contributed by atoms with van der Waals surface area (Å²) in [5.41, 5.74) is 6.72. The van der Waals surface area contributed by atoms with Gasteiger partial charge in [-0.3, -0.25) is 0 Å². The number of aliphatic hydroxyl groups excluding tert-OH is 1. The Morgan fingerprint density at radius 1 is 1.05 bits per heavy atom. The molecule has 0 radical (unpaired) electrons. The predicted molar refractivity (Wildman–Crippen MR) is 87.6 cm³/mol. The molecule has 3 rings (SSSR count). The molecule has 1 aliphatic rings. The summed E-state index contributed by atoms with van der Waals surface area (Å²) in [5, 5.41) is 10.6. The van der Waals surface area contributed by atoms with E-state index >= 15 is 0 Å². The third-order valence-electron chi connectivity index (χ3n) is 4.66. The van der Waals surface area contributed by atoms with Crippen molar-refractivity contribution in [3.8, 4) is 0 Å². The minimum absolute atomic E-state index is 0.237. The van der Waals surface area contributed by atoms with Crippen molar-refractivity contribution in [2.75, 3.05) is 0 Å². The van der Waals surface area contributed by atoms with Crippen LogP contribution in [0.25, 0.3) is 0 Å². The van der Waals surface area contributed by atoms with E-state index in [0.29, 0.717) is 5.92 Å². The molecule has 0 aliphatic heterocycles. The molecule has 0 spiro atoms. The maximum absolute atomic E-state index is 10.6. The summed E-state index contributed by atoms with van der Waals surface area (Å²) in [6, 6.07) is 15.3. The van der Waals surface area contributed by atoms with Crippen LogP contribution in [0.15, 0.2) is 42.5 Å². The highest BCUT2D eigenvalue weighted by Crippen LogP contribution is 2.29. The molecule has 0 saturated carbocycles. The molecule has 2 unspecified atom stereocenters. The van der Waals surface area contributed by atoms with Gasteiger partial charge in [-0.25, -0.2) is 0 Å². The third-order valence-corrected chi connectivity index (χ3v) is 4.66. The lowest BCUT2D eigenvalue weighted by molar-refractivity contribution is 0.0993. The highest BCUT2D eigenvalue weighted by Gasteiger charge is 2.24. The quantitative estimate of drug-likeness (QED) is 0.900. The van der Waals surface area contributed by atoms with E-state index in [0.717, 1.165) is 25.7 Å². The minimum Gasteiger partial charge on any atom is -0.392 e. The molecule has 0 aromatic heterocycles. The first-order chi connectivity index (χ1) is 10.1. The van der Waals surface area contributed by atoms with Gasteiger partial charge in [-0.05, 0) is 62.1 Å². The summed E-state index contributed by atoms with van der Waals surface area (Å²) in [6.45, 7) is 4.25. The first kappa shape index (κ1) is 14.3. The van der Waals surface area contributed by atoms with Crippen LogP contribution in [0.3, 0.4) is 0 Å². The zero-order valence-electron chi connectivity index (χ0n) is 13.0. The number of benzene rings is 2. The van der Waals surface area contributed by atoms with Crippen LogP contribution in [0.2, 0.25) is 0 Å². The number of hydrogen-bond donors (Lipinski definition) is 1. The lowest BCUT2D eigenvalue weighted by atomic mass is 9.79. The summed E-state index contributed by atoms with van der Waals surface area (Å²) < 4.78 is 0. The second kappa shape index (κ2) is 6.03. The van der Waals surface area contributed by atoms with E-state index in [4.69, 9.17) is 0 Å². The molecule has 0 bridgehead atoms. The van der Waals surface area contributed by atoms with Crippen LogP contribution in [-0.4, -0.2) is 11.2 Å². The van der Waals surface area contributed by atoms with Crippen molar-refractivity contribution in [3.05, 3.63) is 70.3 Å². The van der Waals surface area contributed by atoms with Crippen LogP contribution >= 0.6 is 0 Å². The minimum atomic E-state index is -0.237. The fourth-order valence-corrected chi connectivity index (χ4v) is 3.65. The molecule has 110 valence electrons. The normalized spacial score (nSPS) is 19.1. The van der Waals surface area contributed by atoms with Gasteiger partial charge in [0.2, 0.25) is 0 Å². The zero-order chi connectivity index (χ0) is 14.8. The number of rotatable bonds is 3. The Balaban J connectivity index is 1.70. The van der Waals surface area contributed by atoms with Gasteiger partial charge < -0.3 is 5.11 Å². The fourth-order valence-electron chi connectivity index (χ4n) is 3.65. The third kappa shape index (κ3) is 3.36. The van der Waals surface area contributed by atoms with Crippen molar-refractivity contribution in [2.24, 2.45) is 5.92 Å². The van der Waals surface area contributed by atoms with Crippen molar-refractivity contribution in [3.63, 3.8) is 0 Å². The van der Waals surface area contributed by atoms with E-state index < -0.39 is 0 Å². The summed E-state index contributed by atoms with van der Waals surface area (Å²) in [7, 11) is 0. The average Bonchev–Trinajstić information content (AvgIpc) is 2.45. The molecular weight excluding hydrogens is 256 g/mol. The Labute approximate surface area is 127 Å². The average molecular weight is 280 g/mol. The van der Waals surface area contributed by atoms with Gasteiger partial charge in [0.05, 0.1) is 6.10 Å². The van der Waals surface area contributed by atoms with E-state index in [1.165, 1.54) is 27.8 Å². The lowest BCUT2D eigenvalue weighted by Gasteiger charge is -2.28. The molecule has 1 nitrogen and oxygen atoms in total. The number of aryl methyl sites for hydroxylation is 3. The van der Waals surface area contributed by atoms with Crippen LogP contribution in [0.1, 0.15) is 34.2 Å². The number of fused-ring (bicyclic) bond motifs is 1. The molecule has 0 amide bonds. The van der Waals surface area contributed by atoms with Gasteiger partial charge in [0.25, 0.3) is 0 Å². The Kier molecular flexibility index (Phi) is 4.12. The molecule has 0 saturated heterocycles. The topological polar surface area (TPSA) is 20.2 Å². The van der Waals surface area contributed by atoms with Gasteiger partial charge in [0.15, 0.2) is 0 Å². The molecule has 0 heterocycles. The molecule has 1 N–H and O–H groups in total. The molecular formula is C20H24O. The van der Waals surface area contributed by atoms with Crippen molar-refractivity contribution in [1.29, 1.82) is 0 Å². The molecule has 2 atom stereocenters. The first-order valence-electron chi connectivity index (χ1n) is 7.94. The second-order valence-electron chi connectivity index (χ2n) is 6.54. The largest absolute Gasteiger partial charge is 0.392 e. The van der Waals surface area contributed by atoms with Gasteiger partial charge in [0, 0.05) is 0 Å². The summed E-state index contributed by atoms with van der Waals surface area (Å²) in [4.78, 5) is 0. The smallest absolute Gasteiger partial charge is 0.0612 e. The molecule has 2 aromatic carbocycles. The van der Waals surface area contributed by atoms with Crippen molar-refractivity contribution in [1.82, 2.24) is 0 Å². The van der Waals surface area contributed by atoms with Crippen molar-refractivity contribution < 1.29 is 5.11 Å². The molecule has 2 aromatic rings. The summed E-state index contributed by atoms with van der Waals surface area (Å²) in [5.74, 6) is 0.390. The van der Waals surface area contributed by atoms with Gasteiger partial charge in [0.1, 0.15) is 0 Å². The predicted octanol–water partition coefficient (Wildman–Crippen LogP) is 4.01. The van der Waals surface area contributed by atoms with E-state index in [2.05, 4.69) is 56.3 Å². The van der Waals surface area contributed by atoms with E-state index in [1.807, 2.05) is 0 Å². The van der Waals surface area contributed by atoms with Gasteiger partial charge in [-0.15, -0.1) is 0 Å². The van der Waals surface area contributed by atoms with E-state index in [1.54, 1.807) is 0 Å². The van der Waals surface area contributed by atoms with Crippen LogP contribution in [0, 0.1) is 19.8 Å². The Morgan fingerprint density at radius 3 is 2.43 bits per heavy atom. The first-order valence-corrected chi connectivity index (χ1v) is 7.94. The monoisotopic (exact) mass is 280 g/mol. The summed E-state index contributed by atoms with van der Waals surface area (Å²) >= 11 is 0. The van der Waals surface area contributed by atoms with Crippen molar-refractivity contribution in [2.45, 2.75) is 45.6 Å². The van der Waals surface area contributed by atoms with Crippen LogP contribution in [-0.2, 0) is 19.3 Å². The lowest BCUT2D eigenvalue weighted by Crippen LogP contribution is -2.28. The number of hydrogen-bond acceptors (Lipinski definition) is 1. The highest BCUT2D eigenvalue weighted by molar-refractivity contribution is 5.31. The molecule has 21 heavy (non-hydrogen) atoms. The van der Waals surface area contributed by atoms with Crippen LogP contribution in [0.5, 0.6) is 0 Å². The molecule has 1 heteroatoms. The van der Waals surface area contributed by atoms with Crippen molar-refractivity contribution >= 4 is 0 Å². The Bertz CT molecular complexity index is 609. The summed E-state index contributed by atoms with van der Waals surface area (Å²) in [6.07, 6.45) is 3.75. The molecule has 1 aliphatic carbocycles. The maximum atomic E-state index is 10.6. The standard InChI is InChI=1S/C20H24O/c1-14-9-15(2)11-16(10-14)12-20(21)19-8-7-17-5-3-4-6-18(17)13-19/h3-6,9-11,19-21H,7-8,12-13H2,1-2H3. The fraction of sp³-hybridized carbons (Fsp3) is 0.400. The zero-order valence-corrected chi connectivity index (χ0v) is 13.0. The van der Waals surface area contributed by atoms with Crippen LogP contribution < -0.4 is 0 Å². The van der Waals surface area contributed by atoms with E-state index in [-0.39, 0.29) is 6.10 Å². The van der Waals surface area contributed by atoms with Crippen LogP contribution in [0.4, 0.5) is 0 Å². The Morgan fingerprint density at radius 2 is 1.71 bits per heavy atom. The van der Waals surface area contributed by atoms with Gasteiger partial charge in [-0.1, -0.05) is 53.6 Å². The van der Waals surface area contributed by atoms with Gasteiger partial charge >= 0.3 is 0 Å². The Hall–Kier alpha value is -1.60.